The van der Waals surface area contributed by atoms with E-state index in [1.165, 1.54) is 13.0 Å². The van der Waals surface area contributed by atoms with E-state index in [0.717, 1.165) is 6.07 Å². The van der Waals surface area contributed by atoms with Crippen molar-refractivity contribution >= 4 is 15.7 Å². The molecule has 19 heavy (non-hydrogen) atoms. The Bertz CT molecular complexity index is 566. The maximum absolute atomic E-state index is 13.6. The maximum Gasteiger partial charge on any atom is 0.241 e. The first-order valence-electron chi connectivity index (χ1n) is 6.25. The van der Waals surface area contributed by atoms with E-state index in [1.54, 1.807) is 0 Å². The number of nitrogen functional groups attached to an aromatic ring is 1. The van der Waals surface area contributed by atoms with E-state index in [2.05, 4.69) is 4.72 Å². The van der Waals surface area contributed by atoms with Gasteiger partial charge in [-0.05, 0) is 38.8 Å². The summed E-state index contributed by atoms with van der Waals surface area (Å²) in [7, 11) is -3.79. The summed E-state index contributed by atoms with van der Waals surface area (Å²) < 4.78 is 40.9. The fourth-order valence-electron chi connectivity index (χ4n) is 1.73. The molecule has 1 aromatic carbocycles. The predicted molar refractivity (Wildman–Crippen MR) is 74.9 cm³/mol. The third kappa shape index (κ3) is 3.45. The number of halogens is 1. The Hall–Kier alpha value is -1.14. The average Bonchev–Trinajstić information content (AvgIpc) is 2.32. The van der Waals surface area contributed by atoms with Gasteiger partial charge in [0.05, 0.1) is 4.90 Å². The first-order chi connectivity index (χ1) is 8.65. The van der Waals surface area contributed by atoms with Crippen LogP contribution in [0.3, 0.4) is 0 Å². The van der Waals surface area contributed by atoms with Crippen molar-refractivity contribution in [2.75, 3.05) is 5.73 Å². The molecule has 0 radical (unpaired) electrons. The SMILES string of the molecule is CCC(C)(CC)NS(=O)(=O)c1cc(N)cc(F)c1C. The number of sulfonamides is 1. The van der Waals surface area contributed by atoms with Crippen LogP contribution in [0, 0.1) is 12.7 Å². The molecule has 0 saturated carbocycles. The van der Waals surface area contributed by atoms with E-state index in [4.69, 9.17) is 5.73 Å². The number of benzene rings is 1. The standard InChI is InChI=1S/C13H21FN2O2S/c1-5-13(4,6-2)16-19(17,18)12-8-10(15)7-11(14)9(12)3/h7-8,16H,5-6,15H2,1-4H3. The molecule has 0 heterocycles. The summed E-state index contributed by atoms with van der Waals surface area (Å²) in [6.45, 7) is 7.05. The van der Waals surface area contributed by atoms with Gasteiger partial charge in [-0.25, -0.2) is 17.5 Å². The van der Waals surface area contributed by atoms with Gasteiger partial charge >= 0.3 is 0 Å². The van der Waals surface area contributed by atoms with Crippen molar-refractivity contribution in [3.63, 3.8) is 0 Å². The minimum atomic E-state index is -3.79. The normalized spacial score (nSPS) is 12.7. The van der Waals surface area contributed by atoms with Crippen molar-refractivity contribution in [1.82, 2.24) is 4.72 Å². The minimum Gasteiger partial charge on any atom is -0.399 e. The summed E-state index contributed by atoms with van der Waals surface area (Å²) >= 11 is 0. The zero-order chi connectivity index (χ0) is 14.8. The molecule has 6 heteroatoms. The van der Waals surface area contributed by atoms with Gasteiger partial charge in [0.1, 0.15) is 5.82 Å². The fraction of sp³-hybridized carbons (Fsp3) is 0.538. The molecule has 0 unspecified atom stereocenters. The Morgan fingerprint density at radius 1 is 1.32 bits per heavy atom. The molecule has 108 valence electrons. The molecule has 0 aliphatic heterocycles. The highest BCUT2D eigenvalue weighted by molar-refractivity contribution is 7.89. The summed E-state index contributed by atoms with van der Waals surface area (Å²) in [5.74, 6) is -0.616. The smallest absolute Gasteiger partial charge is 0.241 e. The lowest BCUT2D eigenvalue weighted by Gasteiger charge is -2.28. The first kappa shape index (κ1) is 15.9. The second-order valence-electron chi connectivity index (χ2n) is 5.00. The molecule has 1 aromatic rings. The Labute approximate surface area is 114 Å². The van der Waals surface area contributed by atoms with Gasteiger partial charge in [-0.2, -0.15) is 0 Å². The summed E-state index contributed by atoms with van der Waals surface area (Å²) in [6, 6.07) is 2.40. The van der Waals surface area contributed by atoms with Gasteiger partial charge in [0.2, 0.25) is 10.0 Å². The molecule has 0 amide bonds. The van der Waals surface area contributed by atoms with Crippen molar-refractivity contribution < 1.29 is 12.8 Å². The second kappa shape index (κ2) is 5.46. The fourth-order valence-corrected chi connectivity index (χ4v) is 3.57. The molecule has 0 aliphatic rings. The minimum absolute atomic E-state index is 0.0799. The van der Waals surface area contributed by atoms with Gasteiger partial charge in [-0.3, -0.25) is 0 Å². The van der Waals surface area contributed by atoms with Crippen LogP contribution in [0.15, 0.2) is 17.0 Å². The molecule has 0 atom stereocenters. The lowest BCUT2D eigenvalue weighted by atomic mass is 9.98. The molecule has 0 spiro atoms. The molecule has 3 N–H and O–H groups in total. The molecule has 4 nitrogen and oxygen atoms in total. The molecular formula is C13H21FN2O2S. The highest BCUT2D eigenvalue weighted by atomic mass is 32.2. The van der Waals surface area contributed by atoms with Gasteiger partial charge in [0, 0.05) is 16.8 Å². The van der Waals surface area contributed by atoms with Crippen molar-refractivity contribution in [2.24, 2.45) is 0 Å². The van der Waals surface area contributed by atoms with Crippen LogP contribution in [0.5, 0.6) is 0 Å². The Balaban J connectivity index is 3.29. The van der Waals surface area contributed by atoms with Crippen LogP contribution in [-0.4, -0.2) is 14.0 Å². The monoisotopic (exact) mass is 288 g/mol. The van der Waals surface area contributed by atoms with Gasteiger partial charge in [-0.15, -0.1) is 0 Å². The maximum atomic E-state index is 13.6. The van der Waals surface area contributed by atoms with E-state index in [9.17, 15) is 12.8 Å². The van der Waals surface area contributed by atoms with Gasteiger partial charge < -0.3 is 5.73 Å². The number of nitrogens with one attached hydrogen (secondary N) is 1. The summed E-state index contributed by atoms with van der Waals surface area (Å²) in [4.78, 5) is -0.0990. The highest BCUT2D eigenvalue weighted by Crippen LogP contribution is 2.24. The molecule has 0 aliphatic carbocycles. The quantitative estimate of drug-likeness (QED) is 0.818. The zero-order valence-corrected chi connectivity index (χ0v) is 12.6. The predicted octanol–water partition coefficient (Wildman–Crippen LogP) is 2.57. The number of anilines is 1. The number of hydrogen-bond acceptors (Lipinski definition) is 3. The van der Waals surface area contributed by atoms with Crippen LogP contribution in [0.4, 0.5) is 10.1 Å². The van der Waals surface area contributed by atoms with E-state index in [0.29, 0.717) is 12.8 Å². The Kier molecular flexibility index (Phi) is 4.58. The summed E-state index contributed by atoms with van der Waals surface area (Å²) in [6.07, 6.45) is 1.29. The van der Waals surface area contributed by atoms with Crippen molar-refractivity contribution in [3.05, 3.63) is 23.5 Å². The molecule has 0 aromatic heterocycles. The lowest BCUT2D eigenvalue weighted by Crippen LogP contribution is -2.45. The van der Waals surface area contributed by atoms with Crippen LogP contribution in [0.25, 0.3) is 0 Å². The van der Waals surface area contributed by atoms with Crippen LogP contribution >= 0.6 is 0 Å². The average molecular weight is 288 g/mol. The highest BCUT2D eigenvalue weighted by Gasteiger charge is 2.29. The molecule has 0 bridgehead atoms. The lowest BCUT2D eigenvalue weighted by molar-refractivity contribution is 0.388. The Morgan fingerprint density at radius 2 is 1.84 bits per heavy atom. The van der Waals surface area contributed by atoms with E-state index in [1.807, 2.05) is 20.8 Å². The second-order valence-corrected chi connectivity index (χ2v) is 6.65. The third-order valence-corrected chi connectivity index (χ3v) is 5.31. The Morgan fingerprint density at radius 3 is 2.32 bits per heavy atom. The molecule has 1 rings (SSSR count). The largest absolute Gasteiger partial charge is 0.399 e. The number of rotatable bonds is 5. The van der Waals surface area contributed by atoms with Gasteiger partial charge in [0.25, 0.3) is 0 Å². The number of nitrogens with two attached hydrogens (primary N) is 1. The van der Waals surface area contributed by atoms with Crippen molar-refractivity contribution in [2.45, 2.75) is 51.0 Å². The molecular weight excluding hydrogens is 267 g/mol. The van der Waals surface area contributed by atoms with Crippen LogP contribution in [0.2, 0.25) is 0 Å². The topological polar surface area (TPSA) is 72.2 Å². The zero-order valence-electron chi connectivity index (χ0n) is 11.7. The third-order valence-electron chi connectivity index (χ3n) is 3.55. The number of hydrogen-bond donors (Lipinski definition) is 2. The van der Waals surface area contributed by atoms with Crippen LogP contribution in [-0.2, 0) is 10.0 Å². The first-order valence-corrected chi connectivity index (χ1v) is 7.73. The summed E-state index contributed by atoms with van der Waals surface area (Å²) in [5, 5.41) is 0. The van der Waals surface area contributed by atoms with E-state index in [-0.39, 0.29) is 16.1 Å². The van der Waals surface area contributed by atoms with Gasteiger partial charge in [0.15, 0.2) is 0 Å². The van der Waals surface area contributed by atoms with Crippen LogP contribution in [0.1, 0.15) is 39.2 Å². The van der Waals surface area contributed by atoms with E-state index < -0.39 is 21.4 Å². The molecule has 0 saturated heterocycles. The van der Waals surface area contributed by atoms with Crippen molar-refractivity contribution in [3.8, 4) is 0 Å². The van der Waals surface area contributed by atoms with E-state index >= 15 is 0 Å². The van der Waals surface area contributed by atoms with Crippen LogP contribution < -0.4 is 10.5 Å². The van der Waals surface area contributed by atoms with Crippen molar-refractivity contribution in [1.29, 1.82) is 0 Å². The van der Waals surface area contributed by atoms with Gasteiger partial charge in [-0.1, -0.05) is 13.8 Å². The summed E-state index contributed by atoms with van der Waals surface area (Å²) in [5.41, 5.74) is 5.15. The molecule has 0 fully saturated rings.